The number of carbonyl (C=O) groups excluding carboxylic acids is 1. The number of ether oxygens (including phenoxy) is 3. The molecule has 4 aromatic rings. The van der Waals surface area contributed by atoms with Gasteiger partial charge >= 0.3 is 6.09 Å². The predicted octanol–water partition coefficient (Wildman–Crippen LogP) is 7.60. The van der Waals surface area contributed by atoms with Crippen molar-refractivity contribution in [3.05, 3.63) is 108 Å². The number of hydrogen-bond acceptors (Lipinski definition) is 5. The van der Waals surface area contributed by atoms with Gasteiger partial charge in [-0.15, -0.1) is 0 Å². The van der Waals surface area contributed by atoms with Crippen molar-refractivity contribution in [3.63, 3.8) is 0 Å². The lowest BCUT2D eigenvalue weighted by molar-refractivity contribution is 0.151. The van der Waals surface area contributed by atoms with Crippen molar-refractivity contribution < 1.29 is 19.0 Å². The van der Waals surface area contributed by atoms with Gasteiger partial charge in [0.2, 0.25) is 11.8 Å². The summed E-state index contributed by atoms with van der Waals surface area (Å²) in [7, 11) is 0. The molecule has 1 aliphatic heterocycles. The Morgan fingerprint density at radius 1 is 0.872 bits per heavy atom. The van der Waals surface area contributed by atoms with Crippen molar-refractivity contribution in [1.29, 1.82) is 0 Å². The minimum Gasteiger partial charge on any atom is -0.473 e. The Kier molecular flexibility index (Phi) is 8.74. The van der Waals surface area contributed by atoms with Crippen LogP contribution >= 0.6 is 0 Å². The fourth-order valence-corrected chi connectivity index (χ4v) is 4.63. The molecule has 1 aromatic heterocycles. The summed E-state index contributed by atoms with van der Waals surface area (Å²) >= 11 is 0. The van der Waals surface area contributed by atoms with Gasteiger partial charge in [0.15, 0.2) is 0 Å². The largest absolute Gasteiger partial charge is 0.473 e. The average molecular weight is 523 g/mol. The van der Waals surface area contributed by atoms with Crippen LogP contribution in [-0.4, -0.2) is 24.2 Å². The van der Waals surface area contributed by atoms with Crippen LogP contribution in [0.2, 0.25) is 0 Å². The second-order valence-corrected chi connectivity index (χ2v) is 9.62. The van der Waals surface area contributed by atoms with E-state index in [1.54, 1.807) is 4.90 Å². The molecule has 1 amide bonds. The lowest BCUT2D eigenvalue weighted by Gasteiger charge is -2.29. The second-order valence-electron chi connectivity index (χ2n) is 9.62. The van der Waals surface area contributed by atoms with Gasteiger partial charge in [-0.05, 0) is 59.7 Å². The van der Waals surface area contributed by atoms with Crippen LogP contribution in [0.3, 0.4) is 0 Å². The average Bonchev–Trinajstić information content (AvgIpc) is 2.99. The molecule has 0 radical (unpaired) electrons. The number of hydrogen-bond donors (Lipinski definition) is 0. The predicted molar refractivity (Wildman–Crippen MR) is 153 cm³/mol. The van der Waals surface area contributed by atoms with Crippen molar-refractivity contribution in [2.75, 3.05) is 18.1 Å². The molecule has 0 bridgehead atoms. The van der Waals surface area contributed by atoms with E-state index >= 15 is 0 Å². The summed E-state index contributed by atoms with van der Waals surface area (Å²) in [4.78, 5) is 19.2. The first-order chi connectivity index (χ1) is 19.2. The molecule has 0 fully saturated rings. The SMILES string of the molecule is CCCCOC(=O)N1CCCc2cc(-c3ccc(OCc4ccccc4)nc3OCc3ccccc3)ccc21. The molecule has 0 N–H and O–H groups in total. The van der Waals surface area contributed by atoms with E-state index in [0.29, 0.717) is 38.1 Å². The Balaban J connectivity index is 1.40. The number of amides is 1. The number of carbonyl (C=O) groups is 1. The zero-order valence-corrected chi connectivity index (χ0v) is 22.3. The Bertz CT molecular complexity index is 1380. The number of aromatic nitrogens is 1. The fourth-order valence-electron chi connectivity index (χ4n) is 4.63. The van der Waals surface area contributed by atoms with Gasteiger partial charge in [0.05, 0.1) is 12.3 Å². The zero-order valence-electron chi connectivity index (χ0n) is 22.3. The van der Waals surface area contributed by atoms with Crippen molar-refractivity contribution in [3.8, 4) is 22.9 Å². The van der Waals surface area contributed by atoms with E-state index in [-0.39, 0.29) is 6.09 Å². The van der Waals surface area contributed by atoms with Crippen LogP contribution in [0.1, 0.15) is 42.9 Å². The summed E-state index contributed by atoms with van der Waals surface area (Å²) in [6.07, 6.45) is 3.38. The van der Waals surface area contributed by atoms with E-state index in [4.69, 9.17) is 19.2 Å². The van der Waals surface area contributed by atoms with Crippen LogP contribution in [0.15, 0.2) is 91.0 Å². The summed E-state index contributed by atoms with van der Waals surface area (Å²) in [5.41, 5.74) is 6.02. The van der Waals surface area contributed by atoms with Crippen molar-refractivity contribution in [2.45, 2.75) is 45.8 Å². The minimum absolute atomic E-state index is 0.273. The molecule has 1 aliphatic rings. The van der Waals surface area contributed by atoms with E-state index in [1.165, 1.54) is 0 Å². The summed E-state index contributed by atoms with van der Waals surface area (Å²) in [6.45, 7) is 4.02. The van der Waals surface area contributed by atoms with Crippen LogP contribution < -0.4 is 14.4 Å². The second kappa shape index (κ2) is 13.0. The molecule has 0 spiro atoms. The Morgan fingerprint density at radius 2 is 1.59 bits per heavy atom. The van der Waals surface area contributed by atoms with Gasteiger partial charge in [0.1, 0.15) is 13.2 Å². The lowest BCUT2D eigenvalue weighted by atomic mass is 9.96. The van der Waals surface area contributed by atoms with Crippen molar-refractivity contribution in [2.24, 2.45) is 0 Å². The van der Waals surface area contributed by atoms with Crippen LogP contribution in [-0.2, 0) is 24.4 Å². The summed E-state index contributed by atoms with van der Waals surface area (Å²) in [5, 5.41) is 0. The van der Waals surface area contributed by atoms with Crippen LogP contribution in [0, 0.1) is 0 Å². The first kappa shape index (κ1) is 26.3. The summed E-state index contributed by atoms with van der Waals surface area (Å²) < 4.78 is 17.7. The van der Waals surface area contributed by atoms with Crippen LogP contribution in [0.25, 0.3) is 11.1 Å². The number of benzene rings is 3. The van der Waals surface area contributed by atoms with Crippen molar-refractivity contribution >= 4 is 11.8 Å². The Morgan fingerprint density at radius 3 is 2.31 bits per heavy atom. The normalized spacial score (nSPS) is 12.5. The highest BCUT2D eigenvalue weighted by atomic mass is 16.6. The molecule has 0 saturated heterocycles. The topological polar surface area (TPSA) is 60.9 Å². The minimum atomic E-state index is -0.273. The molecule has 200 valence electrons. The molecule has 0 saturated carbocycles. The van der Waals surface area contributed by atoms with Gasteiger partial charge in [-0.1, -0.05) is 80.1 Å². The smallest absolute Gasteiger partial charge is 0.414 e. The highest BCUT2D eigenvalue weighted by Crippen LogP contribution is 2.36. The molecular weight excluding hydrogens is 488 g/mol. The molecular formula is C33H34N2O4. The first-order valence-electron chi connectivity index (χ1n) is 13.6. The van der Waals surface area contributed by atoms with Crippen LogP contribution in [0.5, 0.6) is 11.8 Å². The number of anilines is 1. The van der Waals surface area contributed by atoms with Gasteiger partial charge in [0, 0.05) is 18.2 Å². The standard InChI is InChI=1S/C33H34N2O4/c1-2-3-21-37-33(36)35-20-10-15-28-22-27(16-18-30(28)35)29-17-19-31(38-23-25-11-6-4-7-12-25)34-32(29)39-24-26-13-8-5-9-14-26/h4-9,11-14,16-19,22H,2-3,10,15,20-21,23-24H2,1H3. The third-order valence-electron chi connectivity index (χ3n) is 6.74. The third-order valence-corrected chi connectivity index (χ3v) is 6.74. The summed E-state index contributed by atoms with van der Waals surface area (Å²) in [5.74, 6) is 1.01. The van der Waals surface area contributed by atoms with E-state index < -0.39 is 0 Å². The number of rotatable bonds is 10. The van der Waals surface area contributed by atoms with E-state index in [0.717, 1.165) is 59.2 Å². The highest BCUT2D eigenvalue weighted by Gasteiger charge is 2.24. The molecule has 3 aromatic carbocycles. The maximum atomic E-state index is 12.7. The molecule has 0 atom stereocenters. The quantitative estimate of drug-likeness (QED) is 0.201. The number of aryl methyl sites for hydroxylation is 1. The number of fused-ring (bicyclic) bond motifs is 1. The molecule has 6 nitrogen and oxygen atoms in total. The van der Waals surface area contributed by atoms with Crippen molar-refractivity contribution in [1.82, 2.24) is 4.98 Å². The van der Waals surface area contributed by atoms with Gasteiger partial charge in [-0.25, -0.2) is 4.79 Å². The number of pyridine rings is 1. The monoisotopic (exact) mass is 522 g/mol. The van der Waals surface area contributed by atoms with E-state index in [9.17, 15) is 4.79 Å². The Hall–Kier alpha value is -4.32. The molecule has 6 heteroatoms. The van der Waals surface area contributed by atoms with Gasteiger partial charge < -0.3 is 14.2 Å². The fraction of sp³-hybridized carbons (Fsp3) is 0.273. The van der Waals surface area contributed by atoms with Gasteiger partial charge in [-0.3, -0.25) is 4.90 Å². The van der Waals surface area contributed by atoms with Crippen LogP contribution in [0.4, 0.5) is 10.5 Å². The number of unbranched alkanes of at least 4 members (excludes halogenated alkanes) is 1. The highest BCUT2D eigenvalue weighted by molar-refractivity contribution is 5.90. The lowest BCUT2D eigenvalue weighted by Crippen LogP contribution is -2.36. The maximum absolute atomic E-state index is 12.7. The number of nitrogens with zero attached hydrogens (tertiary/aromatic N) is 2. The van der Waals surface area contributed by atoms with Gasteiger partial charge in [-0.2, -0.15) is 4.98 Å². The first-order valence-corrected chi connectivity index (χ1v) is 13.6. The summed E-state index contributed by atoms with van der Waals surface area (Å²) in [6, 6.07) is 30.1. The maximum Gasteiger partial charge on any atom is 0.414 e. The van der Waals surface area contributed by atoms with Gasteiger partial charge in [0.25, 0.3) is 0 Å². The molecule has 5 rings (SSSR count). The zero-order chi connectivity index (χ0) is 26.9. The third kappa shape index (κ3) is 6.77. The van der Waals surface area contributed by atoms with E-state index in [2.05, 4.69) is 13.0 Å². The molecule has 0 unspecified atom stereocenters. The Labute approximate surface area is 230 Å². The molecule has 2 heterocycles. The van der Waals surface area contributed by atoms with E-state index in [1.807, 2.05) is 84.9 Å². The molecule has 39 heavy (non-hydrogen) atoms. The molecule has 0 aliphatic carbocycles.